The predicted molar refractivity (Wildman–Crippen MR) is 100.0 cm³/mol. The van der Waals surface area contributed by atoms with Crippen molar-refractivity contribution in [2.75, 3.05) is 6.54 Å². The molecule has 2 atom stereocenters. The molecule has 0 spiro atoms. The first kappa shape index (κ1) is 19.9. The van der Waals surface area contributed by atoms with Crippen LogP contribution in [-0.2, 0) is 11.2 Å². The SMILES string of the molecule is CC(C)(C)OC(=O)NC1CC(CCc2nnc(C3CCC4CN3C(=O)N4O)o2)C1. The number of fused-ring (bicyclic) bond motifs is 2. The summed E-state index contributed by atoms with van der Waals surface area (Å²) in [6, 6.07) is -0.633. The summed E-state index contributed by atoms with van der Waals surface area (Å²) in [6.45, 7) is 6.03. The molecule has 1 aromatic rings. The van der Waals surface area contributed by atoms with Crippen LogP contribution in [0.15, 0.2) is 4.42 Å². The van der Waals surface area contributed by atoms with Crippen LogP contribution >= 0.6 is 0 Å². The van der Waals surface area contributed by atoms with E-state index in [1.54, 1.807) is 4.90 Å². The number of hydrogen-bond donors (Lipinski definition) is 2. The zero-order chi connectivity index (χ0) is 20.8. The van der Waals surface area contributed by atoms with Crippen molar-refractivity contribution in [3.63, 3.8) is 0 Å². The second-order valence-corrected chi connectivity index (χ2v) is 9.28. The van der Waals surface area contributed by atoms with E-state index in [1.807, 2.05) is 20.8 Å². The maximum absolute atomic E-state index is 12.1. The molecule has 10 heteroatoms. The van der Waals surface area contributed by atoms with Crippen LogP contribution in [0.5, 0.6) is 0 Å². The number of rotatable bonds is 5. The number of amides is 3. The summed E-state index contributed by atoms with van der Waals surface area (Å²) < 4.78 is 11.1. The number of aromatic nitrogens is 2. The third-order valence-electron chi connectivity index (χ3n) is 5.84. The zero-order valence-electron chi connectivity index (χ0n) is 17.1. The summed E-state index contributed by atoms with van der Waals surface area (Å²) in [4.78, 5) is 25.5. The van der Waals surface area contributed by atoms with Gasteiger partial charge in [0.15, 0.2) is 0 Å². The van der Waals surface area contributed by atoms with Crippen LogP contribution in [0, 0.1) is 5.92 Å². The van der Waals surface area contributed by atoms with Crippen molar-refractivity contribution in [1.29, 1.82) is 0 Å². The van der Waals surface area contributed by atoms with Gasteiger partial charge >= 0.3 is 12.1 Å². The van der Waals surface area contributed by atoms with Gasteiger partial charge in [-0.15, -0.1) is 10.2 Å². The third-order valence-corrected chi connectivity index (χ3v) is 5.84. The molecule has 2 saturated heterocycles. The van der Waals surface area contributed by atoms with Gasteiger partial charge in [0.2, 0.25) is 11.8 Å². The minimum Gasteiger partial charge on any atom is -0.444 e. The Morgan fingerprint density at radius 2 is 2.07 bits per heavy atom. The minimum absolute atomic E-state index is 0.137. The fourth-order valence-corrected chi connectivity index (χ4v) is 4.30. The highest BCUT2D eigenvalue weighted by Crippen LogP contribution is 2.37. The van der Waals surface area contributed by atoms with E-state index in [9.17, 15) is 14.8 Å². The average molecular weight is 407 g/mol. The molecular weight excluding hydrogens is 378 g/mol. The van der Waals surface area contributed by atoms with E-state index in [0.717, 1.165) is 30.7 Å². The van der Waals surface area contributed by atoms with E-state index in [0.29, 0.717) is 37.1 Å². The Morgan fingerprint density at radius 3 is 2.79 bits per heavy atom. The number of nitrogens with one attached hydrogen (secondary N) is 1. The number of ether oxygens (including phenoxy) is 1. The lowest BCUT2D eigenvalue weighted by molar-refractivity contribution is -0.0584. The lowest BCUT2D eigenvalue weighted by Gasteiger charge is -2.36. The second kappa shape index (κ2) is 7.47. The highest BCUT2D eigenvalue weighted by atomic mass is 16.6. The number of alkyl carbamates (subject to hydrolysis) is 1. The van der Waals surface area contributed by atoms with Gasteiger partial charge in [0.1, 0.15) is 11.6 Å². The van der Waals surface area contributed by atoms with Gasteiger partial charge in [-0.1, -0.05) is 0 Å². The van der Waals surface area contributed by atoms with Crippen LogP contribution in [0.3, 0.4) is 0 Å². The molecule has 2 bridgehead atoms. The van der Waals surface area contributed by atoms with Gasteiger partial charge in [0, 0.05) is 19.0 Å². The normalized spacial score (nSPS) is 29.0. The minimum atomic E-state index is -0.489. The molecule has 3 fully saturated rings. The topological polar surface area (TPSA) is 121 Å². The molecular formula is C19H29N5O5. The molecule has 10 nitrogen and oxygen atoms in total. The van der Waals surface area contributed by atoms with Gasteiger partial charge in [-0.25, -0.2) is 14.7 Å². The summed E-state index contributed by atoms with van der Waals surface area (Å²) in [7, 11) is 0. The Kier molecular flexibility index (Phi) is 5.14. The fraction of sp³-hybridized carbons (Fsp3) is 0.789. The van der Waals surface area contributed by atoms with Crippen LogP contribution in [-0.4, -0.2) is 61.7 Å². The van der Waals surface area contributed by atoms with E-state index in [2.05, 4.69) is 15.5 Å². The second-order valence-electron chi connectivity index (χ2n) is 9.28. The van der Waals surface area contributed by atoms with Crippen molar-refractivity contribution in [2.24, 2.45) is 5.92 Å². The van der Waals surface area contributed by atoms with Gasteiger partial charge < -0.3 is 19.4 Å². The van der Waals surface area contributed by atoms with Crippen LogP contribution in [0.1, 0.15) is 70.7 Å². The van der Waals surface area contributed by atoms with Crippen LogP contribution in [0.25, 0.3) is 0 Å². The van der Waals surface area contributed by atoms with Gasteiger partial charge in [0.25, 0.3) is 0 Å². The maximum atomic E-state index is 12.1. The number of urea groups is 1. The van der Waals surface area contributed by atoms with E-state index in [1.165, 1.54) is 0 Å². The molecule has 29 heavy (non-hydrogen) atoms. The van der Waals surface area contributed by atoms with Crippen molar-refractivity contribution < 1.29 is 24.0 Å². The van der Waals surface area contributed by atoms with Gasteiger partial charge in [-0.05, 0) is 58.8 Å². The van der Waals surface area contributed by atoms with Crippen molar-refractivity contribution in [2.45, 2.75) is 83.0 Å². The number of carbonyl (C=O) groups excluding carboxylic acids is 2. The summed E-state index contributed by atoms with van der Waals surface area (Å²) >= 11 is 0. The Balaban J connectivity index is 1.21. The molecule has 0 aromatic carbocycles. The smallest absolute Gasteiger partial charge is 0.407 e. The Hall–Kier alpha value is -2.36. The standard InChI is InChI=1S/C19H29N5O5/c1-19(2,3)29-17(25)20-12-8-11(9-12)4-7-15-21-22-16(28-15)14-6-5-13-10-23(14)18(26)24(13)27/h11-14,27H,4-10H2,1-3H3,(H,20,25). The summed E-state index contributed by atoms with van der Waals surface area (Å²) in [5.41, 5.74) is -0.489. The first-order valence-electron chi connectivity index (χ1n) is 10.3. The highest BCUT2D eigenvalue weighted by molar-refractivity contribution is 5.76. The Bertz CT molecular complexity index is 769. The van der Waals surface area contributed by atoms with Gasteiger partial charge in [-0.3, -0.25) is 5.21 Å². The largest absolute Gasteiger partial charge is 0.444 e. The summed E-state index contributed by atoms with van der Waals surface area (Å²) in [6.07, 6.45) is 4.47. The molecule has 160 valence electrons. The zero-order valence-corrected chi connectivity index (χ0v) is 17.1. The summed E-state index contributed by atoms with van der Waals surface area (Å²) in [5, 5.41) is 21.8. The van der Waals surface area contributed by atoms with Crippen molar-refractivity contribution in [3.8, 4) is 0 Å². The number of aryl methyl sites for hydroxylation is 1. The maximum Gasteiger partial charge on any atom is 0.407 e. The van der Waals surface area contributed by atoms with E-state index in [-0.39, 0.29) is 24.2 Å². The molecule has 1 aromatic heterocycles. The quantitative estimate of drug-likeness (QED) is 0.720. The molecule has 4 rings (SSSR count). The highest BCUT2D eigenvalue weighted by Gasteiger charge is 2.46. The monoisotopic (exact) mass is 407 g/mol. The number of piperidine rings is 1. The van der Waals surface area contributed by atoms with E-state index in [4.69, 9.17) is 9.15 Å². The molecule has 0 radical (unpaired) electrons. The molecule has 3 aliphatic rings. The lowest BCUT2D eigenvalue weighted by Crippen LogP contribution is -2.46. The number of carbonyl (C=O) groups is 2. The predicted octanol–water partition coefficient (Wildman–Crippen LogP) is 2.64. The Labute approximate surface area is 169 Å². The van der Waals surface area contributed by atoms with Crippen molar-refractivity contribution in [1.82, 2.24) is 25.5 Å². The molecule has 3 amide bonds. The number of hydrogen-bond acceptors (Lipinski definition) is 7. The van der Waals surface area contributed by atoms with Crippen LogP contribution in [0.4, 0.5) is 9.59 Å². The number of hydroxylamine groups is 2. The lowest BCUT2D eigenvalue weighted by atomic mass is 9.77. The fourth-order valence-electron chi connectivity index (χ4n) is 4.30. The third kappa shape index (κ3) is 4.31. The molecule has 2 unspecified atom stereocenters. The molecule has 3 heterocycles. The molecule has 1 saturated carbocycles. The number of nitrogens with zero attached hydrogens (tertiary/aromatic N) is 4. The van der Waals surface area contributed by atoms with Crippen LogP contribution in [0.2, 0.25) is 0 Å². The van der Waals surface area contributed by atoms with Crippen molar-refractivity contribution >= 4 is 12.1 Å². The molecule has 1 aliphatic carbocycles. The van der Waals surface area contributed by atoms with E-state index >= 15 is 0 Å². The summed E-state index contributed by atoms with van der Waals surface area (Å²) in [5.74, 6) is 1.52. The van der Waals surface area contributed by atoms with Crippen LogP contribution < -0.4 is 5.32 Å². The van der Waals surface area contributed by atoms with Gasteiger partial charge in [0.05, 0.1) is 6.04 Å². The van der Waals surface area contributed by atoms with Gasteiger partial charge in [-0.2, -0.15) is 0 Å². The average Bonchev–Trinajstić information content (AvgIpc) is 3.16. The molecule has 2 aliphatic heterocycles. The Morgan fingerprint density at radius 1 is 1.31 bits per heavy atom. The molecule has 2 N–H and O–H groups in total. The van der Waals surface area contributed by atoms with Crippen molar-refractivity contribution in [3.05, 3.63) is 11.8 Å². The first-order valence-corrected chi connectivity index (χ1v) is 10.3. The first-order chi connectivity index (χ1) is 13.7. The van der Waals surface area contributed by atoms with E-state index < -0.39 is 11.6 Å².